The molecule has 0 bridgehead atoms. The molecule has 0 spiro atoms. The van der Waals surface area contributed by atoms with Crippen molar-refractivity contribution in [3.63, 3.8) is 0 Å². The molecule has 0 atom stereocenters. The van der Waals surface area contributed by atoms with Crippen molar-refractivity contribution in [2.75, 3.05) is 5.32 Å². The molecule has 2 amide bonds. The maximum atomic E-state index is 12.5. The zero-order chi connectivity index (χ0) is 22.5. The molecule has 3 aromatic heterocycles. The average molecular weight is 427 g/mol. The lowest BCUT2D eigenvalue weighted by molar-refractivity contribution is -0.111. The van der Waals surface area contributed by atoms with E-state index in [0.717, 1.165) is 16.7 Å². The number of hydrogen-bond donors (Lipinski definition) is 3. The highest BCUT2D eigenvalue weighted by Gasteiger charge is 2.16. The number of aromatic amines is 1. The summed E-state index contributed by atoms with van der Waals surface area (Å²) in [5.41, 5.74) is 9.49. The van der Waals surface area contributed by atoms with Crippen molar-refractivity contribution in [3.8, 4) is 11.3 Å². The summed E-state index contributed by atoms with van der Waals surface area (Å²) in [6.07, 6.45) is 8.33. The Morgan fingerprint density at radius 1 is 1.19 bits per heavy atom. The summed E-state index contributed by atoms with van der Waals surface area (Å²) < 4.78 is 1.82. The van der Waals surface area contributed by atoms with Gasteiger partial charge in [0.15, 0.2) is 5.69 Å². The average Bonchev–Trinajstić information content (AvgIpc) is 3.37. The molecule has 4 N–H and O–H groups in total. The first-order valence-corrected chi connectivity index (χ1v) is 9.87. The third-order valence-corrected chi connectivity index (χ3v) is 4.76. The summed E-state index contributed by atoms with van der Waals surface area (Å²) in [6, 6.07) is 13.7. The third-order valence-electron chi connectivity index (χ3n) is 4.76. The summed E-state index contributed by atoms with van der Waals surface area (Å²) in [6.45, 7) is 2.28. The van der Waals surface area contributed by atoms with E-state index in [0.29, 0.717) is 17.9 Å². The van der Waals surface area contributed by atoms with Gasteiger partial charge < -0.3 is 11.1 Å². The molecule has 0 aliphatic rings. The summed E-state index contributed by atoms with van der Waals surface area (Å²) in [7, 11) is 0. The van der Waals surface area contributed by atoms with E-state index in [9.17, 15) is 9.59 Å². The second kappa shape index (κ2) is 9.09. The summed E-state index contributed by atoms with van der Waals surface area (Å²) in [5.74, 6) is -1.15. The van der Waals surface area contributed by atoms with Gasteiger partial charge in [0.25, 0.3) is 5.91 Å². The first-order valence-electron chi connectivity index (χ1n) is 9.87. The number of rotatable bonds is 7. The van der Waals surface area contributed by atoms with Gasteiger partial charge >= 0.3 is 0 Å². The Hall–Kier alpha value is -4.53. The van der Waals surface area contributed by atoms with Gasteiger partial charge in [-0.1, -0.05) is 30.3 Å². The Morgan fingerprint density at radius 2 is 2.00 bits per heavy atom. The second-order valence-corrected chi connectivity index (χ2v) is 7.12. The summed E-state index contributed by atoms with van der Waals surface area (Å²) >= 11 is 0. The number of pyridine rings is 1. The lowest BCUT2D eigenvalue weighted by Crippen LogP contribution is -2.16. The van der Waals surface area contributed by atoms with Crippen LogP contribution in [-0.2, 0) is 11.3 Å². The van der Waals surface area contributed by atoms with Gasteiger partial charge in [0, 0.05) is 35.8 Å². The fraction of sp³-hybridized carbons (Fsp3) is 0.0870. The van der Waals surface area contributed by atoms with Gasteiger partial charge in [0.1, 0.15) is 5.69 Å². The van der Waals surface area contributed by atoms with E-state index in [1.54, 1.807) is 25.4 Å². The number of primary amides is 1. The second-order valence-electron chi connectivity index (χ2n) is 7.12. The number of carbonyl (C=O) groups excluding carboxylic acids is 2. The molecule has 32 heavy (non-hydrogen) atoms. The van der Waals surface area contributed by atoms with Crippen molar-refractivity contribution in [1.82, 2.24) is 25.0 Å². The fourth-order valence-corrected chi connectivity index (χ4v) is 3.23. The number of H-pyrrole nitrogens is 1. The van der Waals surface area contributed by atoms with Crippen LogP contribution in [0.3, 0.4) is 0 Å². The smallest absolute Gasteiger partial charge is 0.271 e. The van der Waals surface area contributed by atoms with E-state index in [4.69, 9.17) is 10.8 Å². The molecule has 0 aliphatic heterocycles. The van der Waals surface area contributed by atoms with Crippen LogP contribution < -0.4 is 11.1 Å². The first kappa shape index (κ1) is 20.7. The van der Waals surface area contributed by atoms with Gasteiger partial charge in [-0.3, -0.25) is 24.4 Å². The van der Waals surface area contributed by atoms with Gasteiger partial charge in [-0.05, 0) is 30.7 Å². The number of anilines is 1. The zero-order valence-corrected chi connectivity index (χ0v) is 17.3. The van der Waals surface area contributed by atoms with E-state index >= 15 is 0 Å². The molecule has 9 heteroatoms. The van der Waals surface area contributed by atoms with Crippen molar-refractivity contribution < 1.29 is 9.59 Å². The highest BCUT2D eigenvalue weighted by atomic mass is 16.2. The Balaban J connectivity index is 1.60. The molecule has 4 aromatic rings. The maximum Gasteiger partial charge on any atom is 0.271 e. The lowest BCUT2D eigenvalue weighted by atomic mass is 10.1. The molecule has 0 unspecified atom stereocenters. The number of benzene rings is 1. The van der Waals surface area contributed by atoms with Crippen LogP contribution in [0.1, 0.15) is 27.3 Å². The van der Waals surface area contributed by atoms with Gasteiger partial charge in [-0.2, -0.15) is 10.2 Å². The van der Waals surface area contributed by atoms with Crippen LogP contribution in [0.25, 0.3) is 17.3 Å². The number of aryl methyl sites for hydroxylation is 1. The topological polar surface area (TPSA) is 132 Å². The molecule has 0 aliphatic carbocycles. The molecule has 0 fully saturated rings. The maximum absolute atomic E-state index is 12.5. The number of nitrogens with two attached hydrogens (primary N) is 1. The quantitative estimate of drug-likeness (QED) is 0.390. The number of nitrogens with zero attached hydrogens (tertiary/aromatic N) is 4. The van der Waals surface area contributed by atoms with Crippen LogP contribution in [0.2, 0.25) is 0 Å². The Morgan fingerprint density at radius 3 is 2.72 bits per heavy atom. The zero-order valence-electron chi connectivity index (χ0n) is 17.3. The van der Waals surface area contributed by atoms with Crippen molar-refractivity contribution >= 4 is 23.6 Å². The predicted molar refractivity (Wildman–Crippen MR) is 121 cm³/mol. The standard InChI is InChI=1S/C23H21N7O2/c1-15-20(22(23(24)32)28-27-15)26-19(31)10-9-18-14-30(13-16-6-3-2-4-7-16)29-21(18)17-8-5-11-25-12-17/h2-12,14H,13H2,1H3,(H2,24,32)(H,26,31)(H,27,28)/b10-9+. The summed E-state index contributed by atoms with van der Waals surface area (Å²) in [4.78, 5) is 28.2. The number of aromatic nitrogens is 5. The van der Waals surface area contributed by atoms with Crippen LogP contribution in [0, 0.1) is 6.92 Å². The minimum absolute atomic E-state index is 0.0176. The first-order chi connectivity index (χ1) is 15.5. The highest BCUT2D eigenvalue weighted by Crippen LogP contribution is 2.23. The minimum atomic E-state index is -0.727. The van der Waals surface area contributed by atoms with Gasteiger partial charge in [-0.15, -0.1) is 0 Å². The van der Waals surface area contributed by atoms with E-state index in [2.05, 4.69) is 20.5 Å². The Bertz CT molecular complexity index is 1270. The molecule has 0 saturated heterocycles. The lowest BCUT2D eigenvalue weighted by Gasteiger charge is -2.02. The molecule has 0 radical (unpaired) electrons. The normalized spacial score (nSPS) is 11.0. The fourth-order valence-electron chi connectivity index (χ4n) is 3.23. The third kappa shape index (κ3) is 4.62. The van der Waals surface area contributed by atoms with E-state index in [-0.39, 0.29) is 11.4 Å². The Labute approximate surface area is 184 Å². The van der Waals surface area contributed by atoms with Crippen LogP contribution in [-0.4, -0.2) is 36.8 Å². The van der Waals surface area contributed by atoms with Crippen molar-refractivity contribution in [2.45, 2.75) is 13.5 Å². The van der Waals surface area contributed by atoms with E-state index < -0.39 is 11.8 Å². The van der Waals surface area contributed by atoms with Gasteiger partial charge in [0.2, 0.25) is 5.91 Å². The Kier molecular flexibility index (Phi) is 5.89. The van der Waals surface area contributed by atoms with E-state index in [1.807, 2.05) is 53.3 Å². The van der Waals surface area contributed by atoms with Crippen LogP contribution in [0.5, 0.6) is 0 Å². The van der Waals surface area contributed by atoms with Crippen molar-refractivity contribution in [3.05, 3.63) is 89.6 Å². The minimum Gasteiger partial charge on any atom is -0.364 e. The molecule has 9 nitrogen and oxygen atoms in total. The highest BCUT2D eigenvalue weighted by molar-refractivity contribution is 6.07. The molecular weight excluding hydrogens is 406 g/mol. The van der Waals surface area contributed by atoms with Crippen molar-refractivity contribution in [1.29, 1.82) is 0 Å². The van der Waals surface area contributed by atoms with Crippen LogP contribution in [0.15, 0.2) is 67.1 Å². The molecular formula is C23H21N7O2. The van der Waals surface area contributed by atoms with Crippen LogP contribution in [0.4, 0.5) is 5.69 Å². The number of nitrogens with one attached hydrogen (secondary N) is 2. The van der Waals surface area contributed by atoms with Gasteiger partial charge in [0.05, 0.1) is 17.9 Å². The molecule has 3 heterocycles. The van der Waals surface area contributed by atoms with Crippen molar-refractivity contribution in [2.24, 2.45) is 5.73 Å². The number of carbonyl (C=O) groups is 2. The molecule has 160 valence electrons. The number of hydrogen-bond acceptors (Lipinski definition) is 5. The molecule has 1 aromatic carbocycles. The predicted octanol–water partition coefficient (Wildman–Crippen LogP) is 2.78. The van der Waals surface area contributed by atoms with Gasteiger partial charge in [-0.25, -0.2) is 0 Å². The summed E-state index contributed by atoms with van der Waals surface area (Å²) in [5, 5.41) is 13.8. The molecule has 4 rings (SSSR count). The largest absolute Gasteiger partial charge is 0.364 e. The monoisotopic (exact) mass is 427 g/mol. The SMILES string of the molecule is Cc1[nH]nc(C(N)=O)c1NC(=O)/C=C/c1cn(Cc2ccccc2)nc1-c1cccnc1. The van der Waals surface area contributed by atoms with E-state index in [1.165, 1.54) is 6.08 Å². The van der Waals surface area contributed by atoms with Crippen LogP contribution >= 0.6 is 0 Å². The number of amides is 2. The molecule has 0 saturated carbocycles.